The quantitative estimate of drug-likeness (QED) is 0.568. The van der Waals surface area contributed by atoms with Gasteiger partial charge in [0, 0.05) is 0 Å². The summed E-state index contributed by atoms with van der Waals surface area (Å²) in [6.07, 6.45) is 2.22. The van der Waals surface area contributed by atoms with Crippen LogP contribution in [-0.2, 0) is 21.5 Å². The minimum absolute atomic E-state index is 0.282. The zero-order valence-corrected chi connectivity index (χ0v) is 16.9. The zero-order chi connectivity index (χ0) is 21.1. The highest BCUT2D eigenvalue weighted by atomic mass is 16.5. The molecule has 4 rings (SSSR count). The molecule has 1 spiro atoms. The van der Waals surface area contributed by atoms with Crippen LogP contribution >= 0.6 is 0 Å². The molecule has 0 radical (unpaired) electrons. The molecule has 1 heterocycles. The highest BCUT2D eigenvalue weighted by molar-refractivity contribution is 6.09. The summed E-state index contributed by atoms with van der Waals surface area (Å²) in [5.41, 5.74) is 1.94. The van der Waals surface area contributed by atoms with Crippen LogP contribution in [0.3, 0.4) is 0 Å². The first-order chi connectivity index (χ1) is 14.5. The largest absolute Gasteiger partial charge is 0.492 e. The van der Waals surface area contributed by atoms with Gasteiger partial charge < -0.3 is 15.4 Å². The molecule has 2 aromatic rings. The Morgan fingerprint density at radius 1 is 1.20 bits per heavy atom. The molecule has 1 aliphatic heterocycles. The first kappa shape index (κ1) is 19.9. The van der Waals surface area contributed by atoms with E-state index in [1.165, 1.54) is 0 Å². The van der Waals surface area contributed by atoms with E-state index in [0.29, 0.717) is 13.0 Å². The maximum absolute atomic E-state index is 13.2. The number of nitrogens with zero attached hydrogens (tertiary/aromatic N) is 1. The van der Waals surface area contributed by atoms with Gasteiger partial charge in [0.15, 0.2) is 0 Å². The third-order valence-electron chi connectivity index (χ3n) is 5.63. The molecule has 0 saturated carbocycles. The van der Waals surface area contributed by atoms with Gasteiger partial charge in [0.1, 0.15) is 24.4 Å². The Morgan fingerprint density at radius 2 is 2.03 bits per heavy atom. The van der Waals surface area contributed by atoms with Crippen molar-refractivity contribution in [3.63, 3.8) is 0 Å². The van der Waals surface area contributed by atoms with Crippen LogP contribution in [0.5, 0.6) is 5.75 Å². The minimum atomic E-state index is -1.06. The summed E-state index contributed by atoms with van der Waals surface area (Å²) in [5.74, 6) is -0.0189. The van der Waals surface area contributed by atoms with Crippen LogP contribution in [0.15, 0.2) is 48.5 Å². The summed E-state index contributed by atoms with van der Waals surface area (Å²) in [5, 5.41) is 5.57. The Bertz CT molecular complexity index is 990. The number of fused-ring (bicyclic) bond motifs is 2. The Balaban J connectivity index is 1.34. The van der Waals surface area contributed by atoms with Crippen molar-refractivity contribution in [3.8, 4) is 5.75 Å². The number of rotatable bonds is 6. The Labute approximate surface area is 175 Å². The number of imide groups is 1. The third kappa shape index (κ3) is 3.75. The lowest BCUT2D eigenvalue weighted by Gasteiger charge is -2.33. The number of hydrogen-bond donors (Lipinski definition) is 2. The average Bonchev–Trinajstić information content (AvgIpc) is 2.96. The number of benzene rings is 2. The number of amides is 4. The molecule has 2 aromatic carbocycles. The number of hydrogen-bond acceptors (Lipinski definition) is 4. The van der Waals surface area contributed by atoms with E-state index in [0.717, 1.165) is 40.2 Å². The van der Waals surface area contributed by atoms with Crippen LogP contribution in [-0.4, -0.2) is 42.4 Å². The molecule has 0 aromatic heterocycles. The second kappa shape index (κ2) is 8.18. The summed E-state index contributed by atoms with van der Waals surface area (Å²) < 4.78 is 5.60. The van der Waals surface area contributed by atoms with Gasteiger partial charge in [0.2, 0.25) is 5.91 Å². The summed E-state index contributed by atoms with van der Waals surface area (Å²) in [4.78, 5) is 39.1. The molecule has 2 N–H and O–H groups in total. The molecular weight excluding hydrogens is 382 g/mol. The molecular formula is C23H25N3O4. The first-order valence-electron chi connectivity index (χ1n) is 10.2. The molecule has 2 aliphatic rings. The van der Waals surface area contributed by atoms with Gasteiger partial charge in [-0.3, -0.25) is 14.5 Å². The molecule has 1 unspecified atom stereocenters. The highest BCUT2D eigenvalue weighted by Crippen LogP contribution is 2.39. The average molecular weight is 407 g/mol. The van der Waals surface area contributed by atoms with Gasteiger partial charge >= 0.3 is 6.03 Å². The molecule has 1 saturated heterocycles. The predicted molar refractivity (Wildman–Crippen MR) is 111 cm³/mol. The topological polar surface area (TPSA) is 87.7 Å². The highest BCUT2D eigenvalue weighted by Gasteiger charge is 2.54. The van der Waals surface area contributed by atoms with Crippen LogP contribution in [0.1, 0.15) is 29.5 Å². The van der Waals surface area contributed by atoms with Gasteiger partial charge in [-0.2, -0.15) is 0 Å². The van der Waals surface area contributed by atoms with E-state index in [1.807, 2.05) is 55.5 Å². The zero-order valence-electron chi connectivity index (χ0n) is 16.9. The lowest BCUT2D eigenvalue weighted by atomic mass is 9.76. The number of carbonyl (C=O) groups excluding carboxylic acids is 3. The maximum atomic E-state index is 13.2. The van der Waals surface area contributed by atoms with Crippen molar-refractivity contribution in [1.29, 1.82) is 0 Å². The first-order valence-corrected chi connectivity index (χ1v) is 10.2. The fourth-order valence-corrected chi connectivity index (χ4v) is 4.22. The minimum Gasteiger partial charge on any atom is -0.492 e. The van der Waals surface area contributed by atoms with Gasteiger partial charge in [-0.15, -0.1) is 0 Å². The molecule has 1 fully saturated rings. The number of ether oxygens (including phenoxy) is 1. The van der Waals surface area contributed by atoms with E-state index in [-0.39, 0.29) is 19.0 Å². The fourth-order valence-electron chi connectivity index (χ4n) is 4.22. The van der Waals surface area contributed by atoms with E-state index < -0.39 is 17.5 Å². The number of carbonyl (C=O) groups is 3. The second-order valence-corrected chi connectivity index (χ2v) is 7.75. The smallest absolute Gasteiger partial charge is 0.325 e. The van der Waals surface area contributed by atoms with Crippen LogP contribution in [0.25, 0.3) is 0 Å². The number of nitrogens with one attached hydrogen (secondary N) is 2. The lowest BCUT2D eigenvalue weighted by molar-refractivity contribution is -0.135. The van der Waals surface area contributed by atoms with E-state index in [4.69, 9.17) is 4.74 Å². The van der Waals surface area contributed by atoms with E-state index >= 15 is 0 Å². The van der Waals surface area contributed by atoms with E-state index in [2.05, 4.69) is 10.6 Å². The molecule has 7 heteroatoms. The summed E-state index contributed by atoms with van der Waals surface area (Å²) in [7, 11) is 0. The Hall–Kier alpha value is -3.35. The van der Waals surface area contributed by atoms with Gasteiger partial charge in [0.25, 0.3) is 5.91 Å². The van der Waals surface area contributed by atoms with Gasteiger partial charge in [0.05, 0.1) is 6.54 Å². The Kier molecular flexibility index (Phi) is 5.44. The predicted octanol–water partition coefficient (Wildman–Crippen LogP) is 2.27. The van der Waals surface area contributed by atoms with Crippen molar-refractivity contribution in [3.05, 3.63) is 65.2 Å². The van der Waals surface area contributed by atoms with Crippen molar-refractivity contribution >= 4 is 17.8 Å². The Morgan fingerprint density at radius 3 is 2.87 bits per heavy atom. The summed E-state index contributed by atoms with van der Waals surface area (Å²) in [6.45, 7) is 2.25. The number of aryl methyl sites for hydroxylation is 2. The van der Waals surface area contributed by atoms with Crippen LogP contribution in [0.4, 0.5) is 4.79 Å². The summed E-state index contributed by atoms with van der Waals surface area (Å²) >= 11 is 0. The van der Waals surface area contributed by atoms with Crippen molar-refractivity contribution in [1.82, 2.24) is 15.5 Å². The van der Waals surface area contributed by atoms with Gasteiger partial charge in [-0.1, -0.05) is 36.4 Å². The lowest BCUT2D eigenvalue weighted by Crippen LogP contribution is -2.47. The van der Waals surface area contributed by atoms with E-state index in [9.17, 15) is 14.4 Å². The number of urea groups is 1. The molecule has 1 aliphatic carbocycles. The van der Waals surface area contributed by atoms with Gasteiger partial charge in [-0.25, -0.2) is 4.79 Å². The van der Waals surface area contributed by atoms with Crippen LogP contribution in [0, 0.1) is 6.92 Å². The van der Waals surface area contributed by atoms with Gasteiger partial charge in [-0.05, 0) is 55.0 Å². The SMILES string of the molecule is Cc1cccc(OCCNC(=O)CN2C(=O)NC3(CCCc4ccccc43)C2=O)c1. The normalized spacial score (nSPS) is 20.1. The molecule has 4 amide bonds. The fraction of sp³-hybridized carbons (Fsp3) is 0.348. The molecule has 156 valence electrons. The molecule has 1 atom stereocenters. The maximum Gasteiger partial charge on any atom is 0.325 e. The standard InChI is InChI=1S/C23H25N3O4/c1-16-6-4-9-18(14-16)30-13-12-24-20(27)15-26-21(28)23(25-22(26)29)11-5-8-17-7-2-3-10-19(17)23/h2-4,6-7,9-10,14H,5,8,11-13,15H2,1H3,(H,24,27)(H,25,29). The monoisotopic (exact) mass is 407 g/mol. The van der Waals surface area contributed by atoms with Crippen molar-refractivity contribution < 1.29 is 19.1 Å². The third-order valence-corrected chi connectivity index (χ3v) is 5.63. The molecule has 0 bridgehead atoms. The van der Waals surface area contributed by atoms with Crippen molar-refractivity contribution in [2.24, 2.45) is 0 Å². The van der Waals surface area contributed by atoms with Crippen LogP contribution < -0.4 is 15.4 Å². The summed E-state index contributed by atoms with van der Waals surface area (Å²) in [6, 6.07) is 14.8. The van der Waals surface area contributed by atoms with Crippen molar-refractivity contribution in [2.75, 3.05) is 19.7 Å². The molecule has 7 nitrogen and oxygen atoms in total. The molecule has 30 heavy (non-hydrogen) atoms. The van der Waals surface area contributed by atoms with E-state index in [1.54, 1.807) is 0 Å². The second-order valence-electron chi connectivity index (χ2n) is 7.75. The van der Waals surface area contributed by atoms with Crippen LogP contribution in [0.2, 0.25) is 0 Å². The van der Waals surface area contributed by atoms with Crippen molar-refractivity contribution in [2.45, 2.75) is 31.7 Å².